The van der Waals surface area contributed by atoms with E-state index in [1.54, 1.807) is 31.3 Å². The fourth-order valence-corrected chi connectivity index (χ4v) is 1.16. The molecule has 0 bridgehead atoms. The smallest absolute Gasteiger partial charge is 0.305 e. The van der Waals surface area contributed by atoms with Crippen LogP contribution in [0.2, 0.25) is 0 Å². The summed E-state index contributed by atoms with van der Waals surface area (Å²) in [6, 6.07) is 6.66. The lowest BCUT2D eigenvalue weighted by atomic mass is 10.2. The molecule has 0 unspecified atom stereocenters. The minimum Gasteiger partial charge on any atom is -0.481 e. The predicted molar refractivity (Wildman–Crippen MR) is 57.4 cm³/mol. The van der Waals surface area contributed by atoms with Gasteiger partial charge in [0.15, 0.2) is 0 Å². The largest absolute Gasteiger partial charge is 0.481 e. The normalized spacial score (nSPS) is 9.67. The summed E-state index contributed by atoms with van der Waals surface area (Å²) in [5.41, 5.74) is 1.23. The molecule has 0 fully saturated rings. The predicted octanol–water partition coefficient (Wildman–Crippen LogP) is 2.00. The maximum absolute atomic E-state index is 10.4. The molecule has 0 spiro atoms. The third kappa shape index (κ3) is 3.38. The average Bonchev–Trinajstić information content (AvgIpc) is 2.26. The summed E-state index contributed by atoms with van der Waals surface area (Å²) in [5.74, 6) is -0.826. The Hall–Kier alpha value is -1.91. The molecule has 0 heterocycles. The molecule has 0 aliphatic carbocycles. The van der Waals surface area contributed by atoms with Gasteiger partial charge in [0, 0.05) is 19.3 Å². The van der Waals surface area contributed by atoms with Crippen LogP contribution in [-0.2, 0) is 4.79 Å². The Morgan fingerprint density at radius 1 is 1.40 bits per heavy atom. The molecule has 0 radical (unpaired) electrons. The van der Waals surface area contributed by atoms with Gasteiger partial charge in [-0.05, 0) is 29.4 Å². The number of aliphatic carboxylic acids is 1. The molecule has 1 aromatic rings. The van der Waals surface area contributed by atoms with Crippen molar-refractivity contribution in [2.24, 2.45) is 5.18 Å². The van der Waals surface area contributed by atoms with Gasteiger partial charge in [-0.3, -0.25) is 4.79 Å². The number of nitroso groups, excluding NO2 is 1. The summed E-state index contributed by atoms with van der Waals surface area (Å²) in [6.07, 6.45) is 0.0875. The van der Waals surface area contributed by atoms with Crippen molar-refractivity contribution in [3.8, 4) is 0 Å². The highest BCUT2D eigenvalue weighted by atomic mass is 16.4. The van der Waals surface area contributed by atoms with Gasteiger partial charge in [-0.1, -0.05) is 0 Å². The molecule has 0 aliphatic rings. The number of hydrogen-bond acceptors (Lipinski definition) is 4. The lowest BCUT2D eigenvalue weighted by Gasteiger charge is -2.17. The van der Waals surface area contributed by atoms with Crippen molar-refractivity contribution in [3.05, 3.63) is 29.2 Å². The molecule has 80 valence electrons. The molecule has 1 aromatic carbocycles. The monoisotopic (exact) mass is 208 g/mol. The van der Waals surface area contributed by atoms with E-state index in [0.717, 1.165) is 5.69 Å². The van der Waals surface area contributed by atoms with E-state index in [1.807, 2.05) is 4.90 Å². The third-order valence-electron chi connectivity index (χ3n) is 2.06. The molecule has 15 heavy (non-hydrogen) atoms. The number of hydrogen-bond donors (Lipinski definition) is 1. The SMILES string of the molecule is CN(CCC(=O)O)c1ccc(N=O)cc1. The maximum Gasteiger partial charge on any atom is 0.305 e. The molecule has 5 nitrogen and oxygen atoms in total. The molecular formula is C10H12N2O3. The second-order valence-corrected chi connectivity index (χ2v) is 3.17. The van der Waals surface area contributed by atoms with Gasteiger partial charge in [0.1, 0.15) is 5.69 Å². The second kappa shape index (κ2) is 5.09. The van der Waals surface area contributed by atoms with Crippen molar-refractivity contribution in [3.63, 3.8) is 0 Å². The Morgan fingerprint density at radius 3 is 2.47 bits per heavy atom. The van der Waals surface area contributed by atoms with Gasteiger partial charge in [0.05, 0.1) is 6.42 Å². The van der Waals surface area contributed by atoms with Gasteiger partial charge in [-0.15, -0.1) is 4.91 Å². The van der Waals surface area contributed by atoms with E-state index in [2.05, 4.69) is 5.18 Å². The Balaban J connectivity index is 2.61. The van der Waals surface area contributed by atoms with Crippen LogP contribution in [0.25, 0.3) is 0 Å². The first kappa shape index (κ1) is 11.2. The van der Waals surface area contributed by atoms with E-state index in [0.29, 0.717) is 12.2 Å². The van der Waals surface area contributed by atoms with Gasteiger partial charge in [-0.2, -0.15) is 0 Å². The van der Waals surface area contributed by atoms with Gasteiger partial charge in [0.25, 0.3) is 0 Å². The molecule has 1 N–H and O–H groups in total. The highest BCUT2D eigenvalue weighted by Gasteiger charge is 2.03. The van der Waals surface area contributed by atoms with E-state index in [1.165, 1.54) is 0 Å². The lowest BCUT2D eigenvalue weighted by Crippen LogP contribution is -2.20. The molecule has 1 rings (SSSR count). The molecule has 5 heteroatoms. The van der Waals surface area contributed by atoms with E-state index in [-0.39, 0.29) is 6.42 Å². The molecular weight excluding hydrogens is 196 g/mol. The lowest BCUT2D eigenvalue weighted by molar-refractivity contribution is -0.136. The molecule has 0 aliphatic heterocycles. The van der Waals surface area contributed by atoms with Crippen LogP contribution in [0.4, 0.5) is 11.4 Å². The summed E-state index contributed by atoms with van der Waals surface area (Å²) in [4.78, 5) is 22.3. The van der Waals surface area contributed by atoms with Crippen LogP contribution in [0.1, 0.15) is 6.42 Å². The van der Waals surface area contributed by atoms with E-state index >= 15 is 0 Å². The van der Waals surface area contributed by atoms with E-state index in [9.17, 15) is 9.70 Å². The molecule has 0 saturated carbocycles. The van der Waals surface area contributed by atoms with Gasteiger partial charge in [0.2, 0.25) is 0 Å². The fraction of sp³-hybridized carbons (Fsp3) is 0.300. The van der Waals surface area contributed by atoms with Crippen LogP contribution < -0.4 is 4.90 Å². The zero-order chi connectivity index (χ0) is 11.3. The summed E-state index contributed by atoms with van der Waals surface area (Å²) in [7, 11) is 1.80. The van der Waals surface area contributed by atoms with Crippen LogP contribution in [0.15, 0.2) is 29.4 Å². The number of carbonyl (C=O) groups is 1. The number of carboxylic acid groups (broad SMARTS) is 1. The van der Waals surface area contributed by atoms with Crippen molar-refractivity contribution < 1.29 is 9.90 Å². The number of rotatable bonds is 5. The number of nitrogens with zero attached hydrogens (tertiary/aromatic N) is 2. The quantitative estimate of drug-likeness (QED) is 0.751. The van der Waals surface area contributed by atoms with Crippen LogP contribution >= 0.6 is 0 Å². The minimum absolute atomic E-state index is 0.0875. The first-order valence-electron chi connectivity index (χ1n) is 4.50. The van der Waals surface area contributed by atoms with Gasteiger partial charge in [-0.25, -0.2) is 0 Å². The number of anilines is 1. The zero-order valence-electron chi connectivity index (χ0n) is 8.38. The van der Waals surface area contributed by atoms with Crippen molar-refractivity contribution in [1.29, 1.82) is 0 Å². The zero-order valence-corrected chi connectivity index (χ0v) is 8.38. The molecule has 0 saturated heterocycles. The second-order valence-electron chi connectivity index (χ2n) is 3.17. The molecule has 0 amide bonds. The maximum atomic E-state index is 10.4. The van der Waals surface area contributed by atoms with Crippen LogP contribution in [0.5, 0.6) is 0 Å². The average molecular weight is 208 g/mol. The van der Waals surface area contributed by atoms with Crippen LogP contribution in [0.3, 0.4) is 0 Å². The van der Waals surface area contributed by atoms with Crippen LogP contribution in [-0.4, -0.2) is 24.7 Å². The first-order valence-corrected chi connectivity index (χ1v) is 4.50. The van der Waals surface area contributed by atoms with E-state index < -0.39 is 5.97 Å². The summed E-state index contributed by atoms with van der Waals surface area (Å²) < 4.78 is 0. The minimum atomic E-state index is -0.826. The standard InChI is InChI=1S/C10H12N2O3/c1-12(7-6-10(13)14)9-4-2-8(11-15)3-5-9/h2-5H,6-7H2,1H3,(H,13,14). The Kier molecular flexibility index (Phi) is 3.79. The van der Waals surface area contributed by atoms with Crippen LogP contribution in [0, 0.1) is 4.91 Å². The van der Waals surface area contributed by atoms with Crippen molar-refractivity contribution in [1.82, 2.24) is 0 Å². The van der Waals surface area contributed by atoms with Gasteiger partial charge >= 0.3 is 5.97 Å². The van der Waals surface area contributed by atoms with Crippen molar-refractivity contribution in [2.75, 3.05) is 18.5 Å². The summed E-state index contributed by atoms with van der Waals surface area (Å²) >= 11 is 0. The highest BCUT2D eigenvalue weighted by molar-refractivity contribution is 5.67. The number of benzene rings is 1. The topological polar surface area (TPSA) is 70.0 Å². The van der Waals surface area contributed by atoms with Gasteiger partial charge < -0.3 is 10.0 Å². The Morgan fingerprint density at radius 2 is 2.00 bits per heavy atom. The highest BCUT2D eigenvalue weighted by Crippen LogP contribution is 2.18. The van der Waals surface area contributed by atoms with Crippen molar-refractivity contribution in [2.45, 2.75) is 6.42 Å². The van der Waals surface area contributed by atoms with Crippen molar-refractivity contribution >= 4 is 17.3 Å². The fourth-order valence-electron chi connectivity index (χ4n) is 1.16. The third-order valence-corrected chi connectivity index (χ3v) is 2.06. The Bertz CT molecular complexity index is 348. The Labute approximate surface area is 87.3 Å². The first-order chi connectivity index (χ1) is 7.13. The van der Waals surface area contributed by atoms with E-state index in [4.69, 9.17) is 5.11 Å². The molecule has 0 atom stereocenters. The molecule has 0 aromatic heterocycles. The summed E-state index contributed by atoms with van der Waals surface area (Å²) in [6.45, 7) is 0.434. The summed E-state index contributed by atoms with van der Waals surface area (Å²) in [5, 5.41) is 11.3. The number of carboxylic acids is 1.